The Morgan fingerprint density at radius 3 is 2.80 bits per heavy atom. The van der Waals surface area contributed by atoms with Crippen LogP contribution in [-0.2, 0) is 0 Å². The van der Waals surface area contributed by atoms with Crippen molar-refractivity contribution in [2.75, 3.05) is 6.26 Å². The smallest absolute Gasteiger partial charge is 0.187 e. The zero-order valence-corrected chi connectivity index (χ0v) is 6.57. The van der Waals surface area contributed by atoms with Crippen LogP contribution in [0.4, 0.5) is 4.39 Å². The van der Waals surface area contributed by atoms with Crippen molar-refractivity contribution in [1.29, 1.82) is 0 Å². The zero-order chi connectivity index (χ0) is 7.56. The molecule has 4 heteroatoms. The van der Waals surface area contributed by atoms with Gasteiger partial charge in [0.2, 0.25) is 0 Å². The van der Waals surface area contributed by atoms with Crippen LogP contribution in [0.5, 0.6) is 0 Å². The van der Waals surface area contributed by atoms with Crippen LogP contribution in [0.3, 0.4) is 0 Å². The van der Waals surface area contributed by atoms with E-state index in [1.165, 1.54) is 18.0 Å². The van der Waals surface area contributed by atoms with E-state index in [4.69, 9.17) is 0 Å². The first-order valence-electron chi connectivity index (χ1n) is 2.77. The summed E-state index contributed by atoms with van der Waals surface area (Å²) in [6, 6.07) is 0. The highest BCUT2D eigenvalue weighted by Crippen LogP contribution is 2.09. The summed E-state index contributed by atoms with van der Waals surface area (Å²) in [5.74, 6) is -0.349. The molecule has 0 aromatic carbocycles. The van der Waals surface area contributed by atoms with Crippen molar-refractivity contribution in [2.45, 2.75) is 12.1 Å². The van der Waals surface area contributed by atoms with Gasteiger partial charge in [0.25, 0.3) is 0 Å². The first-order valence-corrected chi connectivity index (χ1v) is 3.99. The Kier molecular flexibility index (Phi) is 2.21. The summed E-state index contributed by atoms with van der Waals surface area (Å²) in [5.41, 5.74) is 0.402. The van der Waals surface area contributed by atoms with Gasteiger partial charge in [-0.1, -0.05) is 11.8 Å². The normalized spacial score (nSPS) is 9.90. The zero-order valence-electron chi connectivity index (χ0n) is 5.76. The van der Waals surface area contributed by atoms with E-state index in [0.29, 0.717) is 10.9 Å². The Hall–Kier alpha value is -0.640. The van der Waals surface area contributed by atoms with E-state index in [0.717, 1.165) is 0 Å². The molecule has 0 bridgehead atoms. The highest BCUT2D eigenvalue weighted by Gasteiger charge is 1.99. The molecular formula is C6H7FN2S. The molecular weight excluding hydrogens is 151 g/mol. The lowest BCUT2D eigenvalue weighted by Crippen LogP contribution is -1.92. The van der Waals surface area contributed by atoms with Crippen molar-refractivity contribution >= 4 is 11.8 Å². The van der Waals surface area contributed by atoms with Gasteiger partial charge in [0.15, 0.2) is 11.0 Å². The third kappa shape index (κ3) is 1.44. The predicted octanol–water partition coefficient (Wildman–Crippen LogP) is 1.65. The van der Waals surface area contributed by atoms with Gasteiger partial charge in [0, 0.05) is 0 Å². The van der Waals surface area contributed by atoms with E-state index in [1.54, 1.807) is 6.92 Å². The molecule has 1 heterocycles. The summed E-state index contributed by atoms with van der Waals surface area (Å²) < 4.78 is 12.5. The number of hydrogen-bond donors (Lipinski definition) is 0. The first kappa shape index (κ1) is 7.47. The minimum atomic E-state index is -0.349. The van der Waals surface area contributed by atoms with Crippen LogP contribution in [0, 0.1) is 12.7 Å². The van der Waals surface area contributed by atoms with Crippen LogP contribution in [0.1, 0.15) is 5.69 Å². The number of aromatic nitrogens is 2. The van der Waals surface area contributed by atoms with E-state index >= 15 is 0 Å². The SMILES string of the molecule is CSc1ncc(F)c(C)n1. The van der Waals surface area contributed by atoms with E-state index in [1.807, 2.05) is 6.26 Å². The Bertz CT molecular complexity index is 239. The lowest BCUT2D eigenvalue weighted by molar-refractivity contribution is 0.592. The number of halogens is 1. The fourth-order valence-corrected chi connectivity index (χ4v) is 0.916. The van der Waals surface area contributed by atoms with Crippen molar-refractivity contribution in [2.24, 2.45) is 0 Å². The van der Waals surface area contributed by atoms with Crippen molar-refractivity contribution < 1.29 is 4.39 Å². The molecule has 0 spiro atoms. The molecule has 1 aromatic rings. The van der Waals surface area contributed by atoms with Crippen molar-refractivity contribution in [1.82, 2.24) is 9.97 Å². The molecule has 0 amide bonds. The molecule has 0 saturated carbocycles. The second-order valence-corrected chi connectivity index (χ2v) is 2.56. The molecule has 0 aliphatic heterocycles. The van der Waals surface area contributed by atoms with Gasteiger partial charge in [-0.15, -0.1) is 0 Å². The van der Waals surface area contributed by atoms with Crippen LogP contribution in [0.15, 0.2) is 11.4 Å². The second-order valence-electron chi connectivity index (χ2n) is 1.79. The number of thioether (sulfide) groups is 1. The van der Waals surface area contributed by atoms with E-state index < -0.39 is 0 Å². The molecule has 0 atom stereocenters. The van der Waals surface area contributed by atoms with Crippen LogP contribution < -0.4 is 0 Å². The summed E-state index contributed by atoms with van der Waals surface area (Å²) in [4.78, 5) is 7.60. The summed E-state index contributed by atoms with van der Waals surface area (Å²) in [5, 5.41) is 0.610. The van der Waals surface area contributed by atoms with Crippen molar-refractivity contribution in [3.63, 3.8) is 0 Å². The molecule has 0 aliphatic rings. The fraction of sp³-hybridized carbons (Fsp3) is 0.333. The Morgan fingerprint density at radius 2 is 2.30 bits per heavy atom. The fourth-order valence-electron chi connectivity index (χ4n) is 0.529. The molecule has 0 saturated heterocycles. The van der Waals surface area contributed by atoms with Crippen LogP contribution >= 0.6 is 11.8 Å². The average molecular weight is 158 g/mol. The molecule has 0 unspecified atom stereocenters. The topological polar surface area (TPSA) is 25.8 Å². The van der Waals surface area contributed by atoms with Crippen molar-refractivity contribution in [3.05, 3.63) is 17.7 Å². The molecule has 1 rings (SSSR count). The molecule has 10 heavy (non-hydrogen) atoms. The number of hydrogen-bond acceptors (Lipinski definition) is 3. The van der Waals surface area contributed by atoms with Gasteiger partial charge >= 0.3 is 0 Å². The van der Waals surface area contributed by atoms with E-state index in [2.05, 4.69) is 9.97 Å². The van der Waals surface area contributed by atoms with Crippen LogP contribution in [-0.4, -0.2) is 16.2 Å². The number of aryl methyl sites for hydroxylation is 1. The van der Waals surface area contributed by atoms with Gasteiger partial charge in [-0.2, -0.15) is 0 Å². The first-order chi connectivity index (χ1) is 4.74. The summed E-state index contributed by atoms with van der Waals surface area (Å²) in [6.07, 6.45) is 3.04. The maximum atomic E-state index is 12.5. The highest BCUT2D eigenvalue weighted by atomic mass is 32.2. The Labute approximate surface area is 62.9 Å². The molecule has 2 nitrogen and oxygen atoms in total. The Morgan fingerprint density at radius 1 is 1.60 bits per heavy atom. The number of nitrogens with zero attached hydrogens (tertiary/aromatic N) is 2. The third-order valence-electron chi connectivity index (χ3n) is 1.08. The van der Waals surface area contributed by atoms with Gasteiger partial charge in [0.1, 0.15) is 0 Å². The quantitative estimate of drug-likeness (QED) is 0.459. The Balaban J connectivity index is 3.04. The monoisotopic (exact) mass is 158 g/mol. The average Bonchev–Trinajstić information content (AvgIpc) is 1.95. The molecule has 0 aliphatic carbocycles. The molecule has 0 N–H and O–H groups in total. The molecule has 1 aromatic heterocycles. The van der Waals surface area contributed by atoms with E-state index in [-0.39, 0.29) is 5.82 Å². The summed E-state index contributed by atoms with van der Waals surface area (Å²) >= 11 is 1.40. The summed E-state index contributed by atoms with van der Waals surface area (Å²) in [6.45, 7) is 1.62. The lowest BCUT2D eigenvalue weighted by atomic mass is 10.4. The van der Waals surface area contributed by atoms with Gasteiger partial charge in [-0.25, -0.2) is 14.4 Å². The largest absolute Gasteiger partial charge is 0.228 e. The molecule has 54 valence electrons. The maximum absolute atomic E-state index is 12.5. The second kappa shape index (κ2) is 2.96. The standard InChI is InChI=1S/C6H7FN2S/c1-4-5(7)3-8-6(9-4)10-2/h3H,1-2H3. The minimum absolute atomic E-state index is 0.349. The van der Waals surface area contributed by atoms with Gasteiger partial charge in [-0.3, -0.25) is 0 Å². The van der Waals surface area contributed by atoms with Gasteiger partial charge < -0.3 is 0 Å². The number of rotatable bonds is 1. The highest BCUT2D eigenvalue weighted by molar-refractivity contribution is 7.98. The maximum Gasteiger partial charge on any atom is 0.187 e. The summed E-state index contributed by atoms with van der Waals surface area (Å²) in [7, 11) is 0. The van der Waals surface area contributed by atoms with Crippen molar-refractivity contribution in [3.8, 4) is 0 Å². The minimum Gasteiger partial charge on any atom is -0.228 e. The van der Waals surface area contributed by atoms with Crippen LogP contribution in [0.2, 0.25) is 0 Å². The predicted molar refractivity (Wildman–Crippen MR) is 38.5 cm³/mol. The van der Waals surface area contributed by atoms with E-state index in [9.17, 15) is 4.39 Å². The van der Waals surface area contributed by atoms with Gasteiger partial charge in [0.05, 0.1) is 11.9 Å². The molecule has 0 fully saturated rings. The van der Waals surface area contributed by atoms with Gasteiger partial charge in [-0.05, 0) is 13.2 Å². The third-order valence-corrected chi connectivity index (χ3v) is 1.64. The lowest BCUT2D eigenvalue weighted by Gasteiger charge is -1.95. The molecule has 0 radical (unpaired) electrons. The van der Waals surface area contributed by atoms with Crippen LogP contribution in [0.25, 0.3) is 0 Å².